The Kier molecular flexibility index (Phi) is 5.68. The summed E-state index contributed by atoms with van der Waals surface area (Å²) in [7, 11) is 3.18. The van der Waals surface area contributed by atoms with Gasteiger partial charge >= 0.3 is 0 Å². The first kappa shape index (κ1) is 15.4. The number of hydrogen-bond donors (Lipinski definition) is 2. The molecule has 1 saturated heterocycles. The molecule has 2 N–H and O–H groups in total. The van der Waals surface area contributed by atoms with Crippen molar-refractivity contribution in [2.45, 2.75) is 18.9 Å². The lowest BCUT2D eigenvalue weighted by molar-refractivity contribution is -0.119. The Balaban J connectivity index is 1.82. The second-order valence-corrected chi connectivity index (χ2v) is 4.86. The predicted octanol–water partition coefficient (Wildman–Crippen LogP) is 1.41. The summed E-state index contributed by atoms with van der Waals surface area (Å²) in [6.07, 6.45) is 2.23. The molecule has 0 saturated carbocycles. The average Bonchev–Trinajstić information content (AvgIpc) is 3.04. The largest absolute Gasteiger partial charge is 0.497 e. The molecule has 2 rings (SSSR count). The Bertz CT molecular complexity index is 473. The summed E-state index contributed by atoms with van der Waals surface area (Å²) < 4.78 is 15.9. The molecule has 1 aliphatic rings. The van der Waals surface area contributed by atoms with E-state index in [1.54, 1.807) is 26.4 Å². The van der Waals surface area contributed by atoms with Gasteiger partial charge in [-0.05, 0) is 25.0 Å². The zero-order valence-electron chi connectivity index (χ0n) is 12.5. The summed E-state index contributed by atoms with van der Waals surface area (Å²) >= 11 is 0. The minimum atomic E-state index is -0.0737. The fourth-order valence-electron chi connectivity index (χ4n) is 2.22. The Morgan fingerprint density at radius 1 is 1.38 bits per heavy atom. The van der Waals surface area contributed by atoms with E-state index < -0.39 is 0 Å². The fourth-order valence-corrected chi connectivity index (χ4v) is 2.22. The van der Waals surface area contributed by atoms with Crippen LogP contribution in [0, 0.1) is 0 Å². The van der Waals surface area contributed by atoms with E-state index in [-0.39, 0.29) is 18.6 Å². The van der Waals surface area contributed by atoms with Gasteiger partial charge in [-0.1, -0.05) is 0 Å². The molecule has 0 bridgehead atoms. The number of methoxy groups -OCH3 is 2. The van der Waals surface area contributed by atoms with Crippen LogP contribution in [0.2, 0.25) is 0 Å². The molecule has 0 spiro atoms. The summed E-state index contributed by atoms with van der Waals surface area (Å²) in [4.78, 5) is 11.8. The van der Waals surface area contributed by atoms with Crippen molar-refractivity contribution in [1.82, 2.24) is 5.32 Å². The van der Waals surface area contributed by atoms with Crippen molar-refractivity contribution in [2.75, 3.05) is 39.2 Å². The molecule has 0 radical (unpaired) electrons. The van der Waals surface area contributed by atoms with E-state index in [2.05, 4.69) is 10.6 Å². The number of carbonyl (C=O) groups excluding carboxylic acids is 1. The van der Waals surface area contributed by atoms with E-state index in [1.807, 2.05) is 6.07 Å². The number of ether oxygens (including phenoxy) is 3. The highest BCUT2D eigenvalue weighted by Crippen LogP contribution is 2.28. The van der Waals surface area contributed by atoms with Gasteiger partial charge in [-0.15, -0.1) is 0 Å². The minimum Gasteiger partial charge on any atom is -0.497 e. The zero-order chi connectivity index (χ0) is 15.1. The van der Waals surface area contributed by atoms with Crippen molar-refractivity contribution in [1.29, 1.82) is 0 Å². The Morgan fingerprint density at radius 3 is 2.90 bits per heavy atom. The predicted molar refractivity (Wildman–Crippen MR) is 80.0 cm³/mol. The number of benzene rings is 1. The summed E-state index contributed by atoms with van der Waals surface area (Å²) in [6, 6.07) is 5.40. The van der Waals surface area contributed by atoms with E-state index in [4.69, 9.17) is 14.2 Å². The van der Waals surface area contributed by atoms with Gasteiger partial charge in [-0.25, -0.2) is 0 Å². The molecule has 1 atom stereocenters. The zero-order valence-corrected chi connectivity index (χ0v) is 12.5. The minimum absolute atomic E-state index is 0.0737. The molecular weight excluding hydrogens is 272 g/mol. The highest BCUT2D eigenvalue weighted by molar-refractivity contribution is 5.81. The van der Waals surface area contributed by atoms with Gasteiger partial charge < -0.3 is 24.8 Å². The van der Waals surface area contributed by atoms with Gasteiger partial charge in [0, 0.05) is 19.2 Å². The highest BCUT2D eigenvalue weighted by atomic mass is 16.5. The molecule has 1 amide bonds. The monoisotopic (exact) mass is 294 g/mol. The van der Waals surface area contributed by atoms with Crippen LogP contribution in [0.25, 0.3) is 0 Å². The lowest BCUT2D eigenvalue weighted by atomic mass is 10.2. The number of hydrogen-bond acceptors (Lipinski definition) is 5. The molecule has 6 heteroatoms. The average molecular weight is 294 g/mol. The van der Waals surface area contributed by atoms with Gasteiger partial charge in [0.25, 0.3) is 0 Å². The van der Waals surface area contributed by atoms with E-state index in [1.165, 1.54) is 0 Å². The quantitative estimate of drug-likeness (QED) is 0.796. The number of anilines is 1. The third-order valence-electron chi connectivity index (χ3n) is 3.40. The highest BCUT2D eigenvalue weighted by Gasteiger charge is 2.16. The number of rotatable bonds is 7. The van der Waals surface area contributed by atoms with Crippen LogP contribution >= 0.6 is 0 Å². The summed E-state index contributed by atoms with van der Waals surface area (Å²) in [5, 5.41) is 5.92. The van der Waals surface area contributed by atoms with Crippen molar-refractivity contribution in [3.05, 3.63) is 18.2 Å². The van der Waals surface area contributed by atoms with Crippen LogP contribution in [0.3, 0.4) is 0 Å². The van der Waals surface area contributed by atoms with E-state index in [0.717, 1.165) is 25.1 Å². The van der Waals surface area contributed by atoms with E-state index in [9.17, 15) is 4.79 Å². The number of amides is 1. The van der Waals surface area contributed by atoms with Crippen molar-refractivity contribution in [3.8, 4) is 11.5 Å². The van der Waals surface area contributed by atoms with Crippen LogP contribution in [0.15, 0.2) is 18.2 Å². The topological polar surface area (TPSA) is 68.8 Å². The summed E-state index contributed by atoms with van der Waals surface area (Å²) in [6.45, 7) is 1.53. The first-order valence-electron chi connectivity index (χ1n) is 7.07. The van der Waals surface area contributed by atoms with Crippen molar-refractivity contribution >= 4 is 11.6 Å². The lowest BCUT2D eigenvalue weighted by Gasteiger charge is -2.14. The molecule has 1 aliphatic heterocycles. The van der Waals surface area contributed by atoms with Crippen molar-refractivity contribution < 1.29 is 19.0 Å². The molecule has 6 nitrogen and oxygen atoms in total. The molecule has 21 heavy (non-hydrogen) atoms. The molecule has 1 aromatic carbocycles. The maximum absolute atomic E-state index is 11.8. The Hall–Kier alpha value is -1.95. The van der Waals surface area contributed by atoms with Crippen LogP contribution in [0.4, 0.5) is 5.69 Å². The maximum Gasteiger partial charge on any atom is 0.239 e. The third-order valence-corrected chi connectivity index (χ3v) is 3.40. The second kappa shape index (κ2) is 7.73. The molecule has 1 unspecified atom stereocenters. The van der Waals surface area contributed by atoms with Crippen LogP contribution < -0.4 is 20.1 Å². The molecule has 116 valence electrons. The van der Waals surface area contributed by atoms with Crippen LogP contribution in [-0.4, -0.2) is 45.9 Å². The number of nitrogens with one attached hydrogen (secondary N) is 2. The Morgan fingerprint density at radius 2 is 2.24 bits per heavy atom. The van der Waals surface area contributed by atoms with Crippen LogP contribution in [0.1, 0.15) is 12.8 Å². The molecule has 1 heterocycles. The molecule has 1 aromatic rings. The molecule has 0 aromatic heterocycles. The van der Waals surface area contributed by atoms with Crippen molar-refractivity contribution in [3.63, 3.8) is 0 Å². The standard InChI is InChI=1S/C15H22N2O4/c1-19-11-5-6-14(20-2)13(8-11)16-10-15(18)17-9-12-4-3-7-21-12/h5-6,8,12,16H,3-4,7,9-10H2,1-2H3,(H,17,18). The first-order chi connectivity index (χ1) is 10.2. The molecule has 0 aliphatic carbocycles. The number of carbonyl (C=O) groups is 1. The van der Waals surface area contributed by atoms with Gasteiger partial charge in [0.2, 0.25) is 5.91 Å². The summed E-state index contributed by atoms with van der Waals surface area (Å²) in [5.41, 5.74) is 0.726. The molecule has 1 fully saturated rings. The van der Waals surface area contributed by atoms with Gasteiger partial charge in [0.1, 0.15) is 11.5 Å². The van der Waals surface area contributed by atoms with Gasteiger partial charge in [-0.3, -0.25) is 4.79 Å². The van der Waals surface area contributed by atoms with Crippen molar-refractivity contribution in [2.24, 2.45) is 0 Å². The van der Waals surface area contributed by atoms with E-state index in [0.29, 0.717) is 18.0 Å². The fraction of sp³-hybridized carbons (Fsp3) is 0.533. The lowest BCUT2D eigenvalue weighted by Crippen LogP contribution is -2.35. The van der Waals surface area contributed by atoms with Gasteiger partial charge in [0.15, 0.2) is 0 Å². The molecular formula is C15H22N2O4. The third kappa shape index (κ3) is 4.53. The normalized spacial score (nSPS) is 17.3. The van der Waals surface area contributed by atoms with E-state index >= 15 is 0 Å². The Labute approximate surface area is 124 Å². The second-order valence-electron chi connectivity index (χ2n) is 4.86. The maximum atomic E-state index is 11.8. The van der Waals surface area contributed by atoms with Crippen LogP contribution in [0.5, 0.6) is 11.5 Å². The summed E-state index contributed by atoms with van der Waals surface area (Å²) in [5.74, 6) is 1.30. The first-order valence-corrected chi connectivity index (χ1v) is 7.07. The van der Waals surface area contributed by atoms with Gasteiger partial charge in [0.05, 0.1) is 32.6 Å². The van der Waals surface area contributed by atoms with Crippen LogP contribution in [-0.2, 0) is 9.53 Å². The smallest absolute Gasteiger partial charge is 0.239 e. The van der Waals surface area contributed by atoms with Gasteiger partial charge in [-0.2, -0.15) is 0 Å². The SMILES string of the molecule is COc1ccc(OC)c(NCC(=O)NCC2CCCO2)c1.